The summed E-state index contributed by atoms with van der Waals surface area (Å²) in [4.78, 5) is 3.79. The van der Waals surface area contributed by atoms with Gasteiger partial charge in [0.25, 0.3) is 5.92 Å². The van der Waals surface area contributed by atoms with Crippen molar-refractivity contribution in [3.8, 4) is 0 Å². The van der Waals surface area contributed by atoms with Crippen molar-refractivity contribution in [2.75, 3.05) is 0 Å². The summed E-state index contributed by atoms with van der Waals surface area (Å²) in [7, 11) is 0. The number of aromatic nitrogens is 1. The Kier molecular flexibility index (Phi) is 2.28. The lowest BCUT2D eigenvalue weighted by atomic mass is 10.1. The lowest BCUT2D eigenvalue weighted by molar-refractivity contribution is -0.184. The van der Waals surface area contributed by atoms with E-state index in [1.54, 1.807) is 6.07 Å². The van der Waals surface area contributed by atoms with Crippen molar-refractivity contribution in [1.82, 2.24) is 4.98 Å². The van der Waals surface area contributed by atoms with Crippen LogP contribution in [0.5, 0.6) is 0 Å². The van der Waals surface area contributed by atoms with Crippen molar-refractivity contribution < 1.29 is 18.6 Å². The van der Waals surface area contributed by atoms with Gasteiger partial charge in [-0.15, -0.1) is 0 Å². The minimum Gasteiger partial charge on any atom is -0.364 e. The number of alkyl halides is 2. The number of pyridine rings is 1. The molecule has 0 saturated heterocycles. The smallest absolute Gasteiger partial charge is 0.297 e. The average molecular weight is 213 g/mol. The summed E-state index contributed by atoms with van der Waals surface area (Å²) >= 11 is 0. The molecule has 2 unspecified atom stereocenters. The van der Waals surface area contributed by atoms with E-state index >= 15 is 0 Å². The highest BCUT2D eigenvalue weighted by Crippen LogP contribution is 2.44. The maximum absolute atomic E-state index is 13.3. The molecule has 80 valence electrons. The molecule has 0 bridgehead atoms. The van der Waals surface area contributed by atoms with E-state index in [0.29, 0.717) is 6.08 Å². The first kappa shape index (κ1) is 10.2. The van der Waals surface area contributed by atoms with Crippen LogP contribution >= 0.6 is 0 Å². The van der Waals surface area contributed by atoms with Gasteiger partial charge in [-0.1, -0.05) is 12.6 Å². The van der Waals surface area contributed by atoms with Crippen LogP contribution in [-0.2, 0) is 4.74 Å². The third kappa shape index (κ3) is 1.53. The fraction of sp³-hybridized carbons (Fsp3) is 0.300. The Balaban J connectivity index is 2.45. The molecule has 0 spiro atoms. The van der Waals surface area contributed by atoms with Gasteiger partial charge in [0.05, 0.1) is 5.69 Å². The zero-order valence-electron chi connectivity index (χ0n) is 7.73. The van der Waals surface area contributed by atoms with Crippen molar-refractivity contribution in [3.63, 3.8) is 0 Å². The monoisotopic (exact) mass is 213 g/mol. The molecule has 0 aromatic carbocycles. The van der Waals surface area contributed by atoms with E-state index in [9.17, 15) is 13.9 Å². The second-order valence-corrected chi connectivity index (χ2v) is 3.23. The Morgan fingerprint density at radius 1 is 1.60 bits per heavy atom. The molecule has 1 aromatic rings. The highest BCUT2D eigenvalue weighted by molar-refractivity contribution is 5.29. The summed E-state index contributed by atoms with van der Waals surface area (Å²) < 4.78 is 31.4. The summed E-state index contributed by atoms with van der Waals surface area (Å²) in [6.07, 6.45) is -1.02. The van der Waals surface area contributed by atoms with Crippen LogP contribution in [0.2, 0.25) is 0 Å². The molecule has 2 rings (SSSR count). The van der Waals surface area contributed by atoms with Crippen LogP contribution in [0.1, 0.15) is 23.7 Å². The van der Waals surface area contributed by atoms with E-state index in [1.807, 2.05) is 0 Å². The third-order valence-electron chi connectivity index (χ3n) is 2.27. The molecule has 0 aliphatic carbocycles. The predicted octanol–water partition coefficient (Wildman–Crippen LogP) is 1.97. The maximum Gasteiger partial charge on any atom is 0.297 e. The highest BCUT2D eigenvalue weighted by atomic mass is 19.3. The molecular weight excluding hydrogens is 204 g/mol. The van der Waals surface area contributed by atoms with Crippen molar-refractivity contribution in [1.29, 1.82) is 0 Å². The van der Waals surface area contributed by atoms with Crippen molar-refractivity contribution >= 4 is 0 Å². The molecule has 3 nitrogen and oxygen atoms in total. The zero-order valence-corrected chi connectivity index (χ0v) is 7.73. The molecular formula is C10H9F2NO2. The molecule has 0 saturated carbocycles. The van der Waals surface area contributed by atoms with Gasteiger partial charge in [-0.25, -0.2) is 0 Å². The topological polar surface area (TPSA) is 42.4 Å². The van der Waals surface area contributed by atoms with Gasteiger partial charge in [-0.2, -0.15) is 8.78 Å². The van der Waals surface area contributed by atoms with Gasteiger partial charge in [0.1, 0.15) is 0 Å². The molecule has 0 amide bonds. The quantitative estimate of drug-likeness (QED) is 0.763. The van der Waals surface area contributed by atoms with Gasteiger partial charge in [-0.3, -0.25) is 4.98 Å². The number of hydrogen-bond donors (Lipinski definition) is 1. The fourth-order valence-electron chi connectivity index (χ4n) is 1.50. The van der Waals surface area contributed by atoms with Gasteiger partial charge in [-0.05, 0) is 12.1 Å². The Labute approximate surface area is 85.0 Å². The Hall–Kier alpha value is -1.33. The van der Waals surface area contributed by atoms with Crippen LogP contribution in [-0.4, -0.2) is 16.0 Å². The summed E-state index contributed by atoms with van der Waals surface area (Å²) in [5, 5.41) is 9.38. The maximum atomic E-state index is 13.3. The first-order chi connectivity index (χ1) is 7.06. The van der Waals surface area contributed by atoms with Crippen molar-refractivity contribution in [3.05, 3.63) is 42.2 Å². The molecule has 15 heavy (non-hydrogen) atoms. The van der Waals surface area contributed by atoms with E-state index in [4.69, 9.17) is 4.74 Å². The second-order valence-electron chi connectivity index (χ2n) is 3.23. The van der Waals surface area contributed by atoms with Gasteiger partial charge in [0, 0.05) is 11.8 Å². The molecule has 5 heteroatoms. The zero-order chi connectivity index (χ0) is 11.1. The normalized spacial score (nSPS) is 25.0. The van der Waals surface area contributed by atoms with E-state index in [0.717, 1.165) is 0 Å². The van der Waals surface area contributed by atoms with E-state index < -0.39 is 18.3 Å². The molecule has 1 aliphatic rings. The van der Waals surface area contributed by atoms with E-state index in [2.05, 4.69) is 11.6 Å². The fourth-order valence-corrected chi connectivity index (χ4v) is 1.50. The minimum atomic E-state index is -3.24. The van der Waals surface area contributed by atoms with Gasteiger partial charge >= 0.3 is 0 Å². The molecule has 1 N–H and O–H groups in total. The van der Waals surface area contributed by atoms with Crippen LogP contribution in [0.3, 0.4) is 0 Å². The number of nitrogens with zero attached hydrogens (tertiary/aromatic N) is 1. The molecule has 2 heterocycles. The van der Waals surface area contributed by atoms with Crippen LogP contribution in [0.4, 0.5) is 8.78 Å². The summed E-state index contributed by atoms with van der Waals surface area (Å²) in [6, 6.07) is 3.06. The minimum absolute atomic E-state index is 0.0647. The van der Waals surface area contributed by atoms with E-state index in [-0.39, 0.29) is 11.3 Å². The Morgan fingerprint density at radius 3 is 3.00 bits per heavy atom. The summed E-state index contributed by atoms with van der Waals surface area (Å²) in [5.74, 6) is -3.24. The van der Waals surface area contributed by atoms with Crippen LogP contribution in [0.15, 0.2) is 31.0 Å². The number of ether oxygens (including phenoxy) is 1. The van der Waals surface area contributed by atoms with Gasteiger partial charge in [0.15, 0.2) is 12.4 Å². The number of halogens is 2. The van der Waals surface area contributed by atoms with Crippen molar-refractivity contribution in [2.45, 2.75) is 18.3 Å². The van der Waals surface area contributed by atoms with Crippen molar-refractivity contribution in [2.24, 2.45) is 0 Å². The third-order valence-corrected chi connectivity index (χ3v) is 2.27. The van der Waals surface area contributed by atoms with E-state index in [1.165, 1.54) is 12.3 Å². The molecule has 2 atom stereocenters. The standard InChI is InChI=1S/C10H9F2NO2/c1-2-10(11,12)8-7-6(9(14)15-8)4-3-5-13-7/h2-5,8-9,14H,1H2. The molecule has 1 aliphatic heterocycles. The number of hydrogen-bond acceptors (Lipinski definition) is 3. The number of fused-ring (bicyclic) bond motifs is 1. The van der Waals surface area contributed by atoms with Gasteiger partial charge < -0.3 is 9.84 Å². The largest absolute Gasteiger partial charge is 0.364 e. The average Bonchev–Trinajstić information content (AvgIpc) is 2.58. The number of rotatable bonds is 2. The Bertz CT molecular complexity index is 395. The van der Waals surface area contributed by atoms with Gasteiger partial charge in [0.2, 0.25) is 0 Å². The first-order valence-corrected chi connectivity index (χ1v) is 4.36. The highest BCUT2D eigenvalue weighted by Gasteiger charge is 2.46. The number of aliphatic hydroxyl groups is 1. The lowest BCUT2D eigenvalue weighted by Gasteiger charge is -2.18. The molecule has 0 fully saturated rings. The summed E-state index contributed by atoms with van der Waals surface area (Å²) in [6.45, 7) is 3.04. The van der Waals surface area contributed by atoms with Crippen LogP contribution in [0, 0.1) is 0 Å². The SMILES string of the molecule is C=CC(F)(F)C1OC(O)c2cccnc21. The second kappa shape index (κ2) is 3.36. The Morgan fingerprint density at radius 2 is 2.33 bits per heavy atom. The molecule has 0 radical (unpaired) electrons. The number of aliphatic hydroxyl groups excluding tert-OH is 1. The first-order valence-electron chi connectivity index (χ1n) is 4.36. The molecule has 1 aromatic heterocycles. The lowest BCUT2D eigenvalue weighted by Crippen LogP contribution is -2.24. The van der Waals surface area contributed by atoms with Crippen LogP contribution < -0.4 is 0 Å². The predicted molar refractivity (Wildman–Crippen MR) is 48.2 cm³/mol. The van der Waals surface area contributed by atoms with Crippen LogP contribution in [0.25, 0.3) is 0 Å². The summed E-state index contributed by atoms with van der Waals surface area (Å²) in [5.41, 5.74) is 0.346.